The van der Waals surface area contributed by atoms with Gasteiger partial charge in [-0.15, -0.1) is 0 Å². The predicted molar refractivity (Wildman–Crippen MR) is 111 cm³/mol. The van der Waals surface area contributed by atoms with E-state index in [1.54, 1.807) is 30.3 Å². The molecule has 1 amide bonds. The third-order valence-corrected chi connectivity index (χ3v) is 5.94. The molecule has 12 heteroatoms. The van der Waals surface area contributed by atoms with Gasteiger partial charge in [-0.2, -0.15) is 13.2 Å². The second-order valence-corrected chi connectivity index (χ2v) is 8.90. The highest BCUT2D eigenvalue weighted by molar-refractivity contribution is 7.99. The Morgan fingerprint density at radius 3 is 2.32 bits per heavy atom. The molecule has 0 aliphatic rings. The fraction of sp³-hybridized carbons (Fsp3) is 0.158. The maximum atomic E-state index is 13.1. The average molecular weight is 470 g/mol. The van der Waals surface area contributed by atoms with Crippen LogP contribution in [0.1, 0.15) is 0 Å². The molecule has 0 aliphatic heterocycles. The third-order valence-electron chi connectivity index (χ3n) is 4.02. The summed E-state index contributed by atoms with van der Waals surface area (Å²) in [5, 5.41) is 7.61. The van der Waals surface area contributed by atoms with E-state index in [2.05, 4.69) is 10.3 Å². The minimum absolute atomic E-state index is 0.0518. The molecule has 0 radical (unpaired) electrons. The number of primary sulfonamides is 1. The predicted octanol–water partition coefficient (Wildman–Crippen LogP) is 3.49. The Morgan fingerprint density at radius 2 is 1.74 bits per heavy atom. The standard InChI is InChI=1S/C19H17F3N4O3S2/c20-19(21,22)12-26-16(13-4-2-1-3-5-13)10-24-18(26)30-11-17(27)25-14-6-8-15(9-7-14)31(23,28)29/h1-10H,11-12H2,(H,25,27)(H2,23,28,29). The summed E-state index contributed by atoms with van der Waals surface area (Å²) < 4.78 is 62.9. The van der Waals surface area contributed by atoms with Gasteiger partial charge in [-0.3, -0.25) is 4.79 Å². The lowest BCUT2D eigenvalue weighted by Crippen LogP contribution is -2.20. The zero-order valence-electron chi connectivity index (χ0n) is 15.8. The van der Waals surface area contributed by atoms with Gasteiger partial charge in [0.05, 0.1) is 22.5 Å². The largest absolute Gasteiger partial charge is 0.406 e. The van der Waals surface area contributed by atoms with Crippen LogP contribution in [0.25, 0.3) is 11.3 Å². The van der Waals surface area contributed by atoms with Crippen molar-refractivity contribution in [2.45, 2.75) is 22.8 Å². The molecule has 0 spiro atoms. The first-order valence-electron chi connectivity index (χ1n) is 8.76. The van der Waals surface area contributed by atoms with E-state index >= 15 is 0 Å². The quantitative estimate of drug-likeness (QED) is 0.514. The number of nitrogens with two attached hydrogens (primary N) is 1. The number of hydrogen-bond donors (Lipinski definition) is 2. The Balaban J connectivity index is 1.72. The topological polar surface area (TPSA) is 107 Å². The highest BCUT2D eigenvalue weighted by atomic mass is 32.2. The van der Waals surface area contributed by atoms with Crippen LogP contribution in [0.2, 0.25) is 0 Å². The molecule has 1 aromatic heterocycles. The number of rotatable bonds is 7. The van der Waals surface area contributed by atoms with E-state index in [1.807, 2.05) is 0 Å². The Labute approximate surface area is 180 Å². The van der Waals surface area contributed by atoms with Gasteiger partial charge in [0.2, 0.25) is 15.9 Å². The van der Waals surface area contributed by atoms with Crippen molar-refractivity contribution in [2.24, 2.45) is 5.14 Å². The molecule has 3 rings (SSSR count). The fourth-order valence-corrected chi connectivity index (χ4v) is 3.99. The van der Waals surface area contributed by atoms with E-state index in [-0.39, 0.29) is 15.8 Å². The molecule has 0 bridgehead atoms. The lowest BCUT2D eigenvalue weighted by atomic mass is 10.2. The van der Waals surface area contributed by atoms with Crippen molar-refractivity contribution in [3.05, 3.63) is 60.8 Å². The number of benzene rings is 2. The van der Waals surface area contributed by atoms with Gasteiger partial charge in [0.25, 0.3) is 0 Å². The van der Waals surface area contributed by atoms with Crippen LogP contribution < -0.4 is 10.5 Å². The minimum Gasteiger partial charge on any atom is -0.325 e. The molecule has 0 unspecified atom stereocenters. The summed E-state index contributed by atoms with van der Waals surface area (Å²) in [5.74, 6) is -0.684. The number of nitrogens with one attached hydrogen (secondary N) is 1. The van der Waals surface area contributed by atoms with Crippen molar-refractivity contribution < 1.29 is 26.4 Å². The third kappa shape index (κ3) is 6.32. The molecular weight excluding hydrogens is 453 g/mol. The number of aromatic nitrogens is 2. The van der Waals surface area contributed by atoms with Crippen LogP contribution in [-0.2, 0) is 21.4 Å². The van der Waals surface area contributed by atoms with Crippen LogP contribution in [-0.4, -0.2) is 35.8 Å². The number of alkyl halides is 3. The van der Waals surface area contributed by atoms with Crippen molar-refractivity contribution in [1.82, 2.24) is 9.55 Å². The maximum Gasteiger partial charge on any atom is 0.406 e. The van der Waals surface area contributed by atoms with Crippen LogP contribution in [0.5, 0.6) is 0 Å². The van der Waals surface area contributed by atoms with Crippen LogP contribution >= 0.6 is 11.8 Å². The van der Waals surface area contributed by atoms with Crippen molar-refractivity contribution >= 4 is 33.4 Å². The summed E-state index contributed by atoms with van der Waals surface area (Å²) in [6, 6.07) is 13.7. The summed E-state index contributed by atoms with van der Waals surface area (Å²) in [4.78, 5) is 16.2. The summed E-state index contributed by atoms with van der Waals surface area (Å²) in [6.45, 7) is -1.24. The molecule has 0 fully saturated rings. The number of imidazole rings is 1. The van der Waals surface area contributed by atoms with Crippen LogP contribution in [0.4, 0.5) is 18.9 Å². The van der Waals surface area contributed by atoms with Crippen LogP contribution in [0.15, 0.2) is 70.8 Å². The highest BCUT2D eigenvalue weighted by Gasteiger charge is 2.31. The number of amides is 1. The highest BCUT2D eigenvalue weighted by Crippen LogP contribution is 2.30. The van der Waals surface area contributed by atoms with E-state index < -0.39 is 28.7 Å². The number of carbonyl (C=O) groups excluding carboxylic acids is 1. The van der Waals surface area contributed by atoms with Gasteiger partial charge in [-0.25, -0.2) is 18.5 Å². The van der Waals surface area contributed by atoms with Gasteiger partial charge in [0, 0.05) is 5.69 Å². The minimum atomic E-state index is -4.47. The van der Waals surface area contributed by atoms with Gasteiger partial charge in [0.1, 0.15) is 6.54 Å². The molecular formula is C19H17F3N4O3S2. The number of carbonyl (C=O) groups is 1. The summed E-state index contributed by atoms with van der Waals surface area (Å²) in [6.07, 6.45) is -3.12. The zero-order chi connectivity index (χ0) is 22.6. The first kappa shape index (κ1) is 22.8. The van der Waals surface area contributed by atoms with Gasteiger partial charge < -0.3 is 9.88 Å². The molecule has 31 heavy (non-hydrogen) atoms. The normalized spacial score (nSPS) is 12.0. The second kappa shape index (κ2) is 9.12. The monoisotopic (exact) mass is 470 g/mol. The van der Waals surface area contributed by atoms with Gasteiger partial charge >= 0.3 is 6.18 Å². The Hall–Kier alpha value is -2.83. The van der Waals surface area contributed by atoms with Gasteiger partial charge in [-0.05, 0) is 29.8 Å². The first-order chi connectivity index (χ1) is 14.5. The smallest absolute Gasteiger partial charge is 0.325 e. The number of hydrogen-bond acceptors (Lipinski definition) is 5. The lowest BCUT2D eigenvalue weighted by molar-refractivity contribution is -0.141. The number of anilines is 1. The fourth-order valence-electron chi connectivity index (χ4n) is 2.70. The molecule has 1 heterocycles. The molecule has 3 N–H and O–H groups in total. The number of nitrogens with zero attached hydrogens (tertiary/aromatic N) is 2. The molecule has 0 saturated carbocycles. The second-order valence-electron chi connectivity index (χ2n) is 6.40. The average Bonchev–Trinajstić information content (AvgIpc) is 3.07. The van der Waals surface area contributed by atoms with Crippen molar-refractivity contribution in [2.75, 3.05) is 11.1 Å². The Kier molecular flexibility index (Phi) is 6.72. The zero-order valence-corrected chi connectivity index (χ0v) is 17.5. The molecule has 0 atom stereocenters. The van der Waals surface area contributed by atoms with Gasteiger partial charge in [-0.1, -0.05) is 42.1 Å². The van der Waals surface area contributed by atoms with Crippen LogP contribution in [0.3, 0.4) is 0 Å². The maximum absolute atomic E-state index is 13.1. The molecule has 0 saturated heterocycles. The molecule has 2 aromatic carbocycles. The van der Waals surface area contributed by atoms with E-state index in [9.17, 15) is 26.4 Å². The van der Waals surface area contributed by atoms with Crippen molar-refractivity contribution in [3.63, 3.8) is 0 Å². The van der Waals surface area contributed by atoms with Crippen molar-refractivity contribution in [3.8, 4) is 11.3 Å². The molecule has 164 valence electrons. The lowest BCUT2D eigenvalue weighted by Gasteiger charge is -2.14. The van der Waals surface area contributed by atoms with E-state index in [4.69, 9.17) is 5.14 Å². The van der Waals surface area contributed by atoms with E-state index in [0.717, 1.165) is 16.3 Å². The summed E-state index contributed by atoms with van der Waals surface area (Å²) >= 11 is 0.862. The van der Waals surface area contributed by atoms with Gasteiger partial charge in [0.15, 0.2) is 5.16 Å². The van der Waals surface area contributed by atoms with E-state index in [0.29, 0.717) is 16.9 Å². The van der Waals surface area contributed by atoms with Crippen molar-refractivity contribution in [1.29, 1.82) is 0 Å². The molecule has 3 aromatic rings. The Bertz CT molecular complexity index is 1160. The molecule has 0 aliphatic carbocycles. The Morgan fingerprint density at radius 1 is 1.10 bits per heavy atom. The van der Waals surface area contributed by atoms with Crippen LogP contribution in [0, 0.1) is 0 Å². The summed E-state index contributed by atoms with van der Waals surface area (Å²) in [5.41, 5.74) is 1.19. The number of thioether (sulfide) groups is 1. The number of halogens is 3. The van der Waals surface area contributed by atoms with E-state index in [1.165, 1.54) is 30.5 Å². The molecule has 7 nitrogen and oxygen atoms in total. The SMILES string of the molecule is NS(=O)(=O)c1ccc(NC(=O)CSc2ncc(-c3ccccc3)n2CC(F)(F)F)cc1. The first-order valence-corrected chi connectivity index (χ1v) is 11.3. The number of sulfonamides is 1. The summed E-state index contributed by atoms with van der Waals surface area (Å²) in [7, 11) is -3.85.